The molecule has 0 bridgehead atoms. The molecule has 4 heteroatoms. The summed E-state index contributed by atoms with van der Waals surface area (Å²) in [5, 5.41) is 3.32. The second-order valence-electron chi connectivity index (χ2n) is 4.64. The number of benzene rings is 1. The highest BCUT2D eigenvalue weighted by Crippen LogP contribution is 2.31. The van der Waals surface area contributed by atoms with Crippen molar-refractivity contribution in [2.24, 2.45) is 5.92 Å². The Balaban J connectivity index is 1.73. The van der Waals surface area contributed by atoms with Gasteiger partial charge in [0.2, 0.25) is 6.29 Å². The van der Waals surface area contributed by atoms with Gasteiger partial charge in [-0.25, -0.2) is 4.39 Å². The summed E-state index contributed by atoms with van der Waals surface area (Å²) in [4.78, 5) is 0. The van der Waals surface area contributed by atoms with Crippen molar-refractivity contribution in [3.05, 3.63) is 29.6 Å². The highest BCUT2D eigenvalue weighted by molar-refractivity contribution is 5.34. The molecule has 1 fully saturated rings. The van der Waals surface area contributed by atoms with Crippen LogP contribution in [0.4, 0.5) is 4.39 Å². The lowest BCUT2D eigenvalue weighted by Crippen LogP contribution is -2.39. The van der Waals surface area contributed by atoms with Crippen LogP contribution in [0, 0.1) is 11.7 Å². The number of hydrogen-bond acceptors (Lipinski definition) is 3. The van der Waals surface area contributed by atoms with Crippen molar-refractivity contribution >= 4 is 0 Å². The molecule has 17 heavy (non-hydrogen) atoms. The van der Waals surface area contributed by atoms with E-state index in [9.17, 15) is 4.39 Å². The highest BCUT2D eigenvalue weighted by atomic mass is 19.1. The molecule has 3 rings (SSSR count). The summed E-state index contributed by atoms with van der Waals surface area (Å²) in [6, 6.07) is 4.61. The molecule has 1 unspecified atom stereocenters. The van der Waals surface area contributed by atoms with E-state index < -0.39 is 0 Å². The van der Waals surface area contributed by atoms with E-state index in [2.05, 4.69) is 5.32 Å². The van der Waals surface area contributed by atoms with Crippen molar-refractivity contribution in [1.29, 1.82) is 0 Å². The Kier molecular flexibility index (Phi) is 2.99. The predicted octanol–water partition coefficient (Wildman–Crippen LogP) is 2.06. The van der Waals surface area contributed by atoms with Crippen molar-refractivity contribution in [2.45, 2.75) is 25.7 Å². The van der Waals surface area contributed by atoms with E-state index in [0.717, 1.165) is 37.2 Å². The predicted molar refractivity (Wildman–Crippen MR) is 61.2 cm³/mol. The van der Waals surface area contributed by atoms with Gasteiger partial charge in [-0.2, -0.15) is 0 Å². The van der Waals surface area contributed by atoms with Crippen molar-refractivity contribution in [2.75, 3.05) is 13.1 Å². The first-order chi connectivity index (χ1) is 8.33. The van der Waals surface area contributed by atoms with Gasteiger partial charge in [0.1, 0.15) is 11.6 Å². The minimum atomic E-state index is -0.240. The average molecular weight is 237 g/mol. The van der Waals surface area contributed by atoms with Crippen LogP contribution in [-0.4, -0.2) is 19.4 Å². The zero-order valence-corrected chi connectivity index (χ0v) is 9.62. The van der Waals surface area contributed by atoms with Crippen LogP contribution in [0.3, 0.4) is 0 Å². The Morgan fingerprint density at radius 2 is 2.06 bits per heavy atom. The number of nitrogens with one attached hydrogen (secondary N) is 1. The van der Waals surface area contributed by atoms with E-state index in [1.807, 2.05) is 0 Å². The third-order valence-electron chi connectivity index (χ3n) is 3.44. The Morgan fingerprint density at radius 1 is 1.24 bits per heavy atom. The standard InChI is InChI=1S/C13H16FNO2/c14-11-1-2-12-10(7-11)8-16-13(17-12)9-3-5-15-6-4-9/h1-2,7,9,13,15H,3-6,8H2. The van der Waals surface area contributed by atoms with Crippen LogP contribution in [0.1, 0.15) is 18.4 Å². The lowest BCUT2D eigenvalue weighted by Gasteiger charge is -2.34. The molecule has 0 saturated carbocycles. The van der Waals surface area contributed by atoms with E-state index in [1.54, 1.807) is 6.07 Å². The van der Waals surface area contributed by atoms with Crippen LogP contribution in [0.5, 0.6) is 5.75 Å². The van der Waals surface area contributed by atoms with Crippen molar-refractivity contribution in [1.82, 2.24) is 5.32 Å². The Bertz CT molecular complexity index is 404. The summed E-state index contributed by atoms with van der Waals surface area (Å²) in [5.74, 6) is 0.965. The molecule has 0 aliphatic carbocycles. The minimum Gasteiger partial charge on any atom is -0.464 e. The Hall–Kier alpha value is -1.13. The second kappa shape index (κ2) is 4.63. The van der Waals surface area contributed by atoms with E-state index in [-0.39, 0.29) is 12.1 Å². The largest absolute Gasteiger partial charge is 0.464 e. The molecular weight excluding hydrogens is 221 g/mol. The fourth-order valence-corrected chi connectivity index (χ4v) is 2.46. The van der Waals surface area contributed by atoms with Crippen molar-refractivity contribution in [3.8, 4) is 5.75 Å². The molecule has 1 aromatic carbocycles. The molecule has 1 N–H and O–H groups in total. The molecule has 92 valence electrons. The summed E-state index contributed by atoms with van der Waals surface area (Å²) >= 11 is 0. The second-order valence-corrected chi connectivity index (χ2v) is 4.64. The number of ether oxygens (including phenoxy) is 2. The molecule has 1 aromatic rings. The maximum Gasteiger partial charge on any atom is 0.203 e. The zero-order chi connectivity index (χ0) is 11.7. The zero-order valence-electron chi connectivity index (χ0n) is 9.62. The first-order valence-corrected chi connectivity index (χ1v) is 6.10. The summed E-state index contributed by atoms with van der Waals surface area (Å²) in [6.07, 6.45) is 1.97. The van der Waals surface area contributed by atoms with Crippen LogP contribution in [0.25, 0.3) is 0 Å². The van der Waals surface area contributed by atoms with Gasteiger partial charge < -0.3 is 14.8 Å². The van der Waals surface area contributed by atoms with Crippen LogP contribution in [-0.2, 0) is 11.3 Å². The molecular formula is C13H16FNO2. The van der Waals surface area contributed by atoms with E-state index >= 15 is 0 Å². The Labute approximate surface area is 99.9 Å². The van der Waals surface area contributed by atoms with Gasteiger partial charge in [0, 0.05) is 11.5 Å². The molecule has 2 heterocycles. The minimum absolute atomic E-state index is 0.171. The van der Waals surface area contributed by atoms with Gasteiger partial charge in [0.15, 0.2) is 0 Å². The van der Waals surface area contributed by atoms with Crippen molar-refractivity contribution < 1.29 is 13.9 Å². The van der Waals surface area contributed by atoms with Crippen LogP contribution in [0.2, 0.25) is 0 Å². The normalized spacial score (nSPS) is 25.1. The summed E-state index contributed by atoms with van der Waals surface area (Å²) < 4.78 is 24.5. The molecule has 1 atom stereocenters. The quantitative estimate of drug-likeness (QED) is 0.811. The fourth-order valence-electron chi connectivity index (χ4n) is 2.46. The molecule has 0 amide bonds. The molecule has 3 nitrogen and oxygen atoms in total. The van der Waals surface area contributed by atoms with Gasteiger partial charge in [-0.05, 0) is 44.1 Å². The molecule has 0 radical (unpaired) electrons. The molecule has 0 spiro atoms. The lowest BCUT2D eigenvalue weighted by molar-refractivity contribution is -0.145. The number of hydrogen-bond donors (Lipinski definition) is 1. The van der Waals surface area contributed by atoms with Gasteiger partial charge >= 0.3 is 0 Å². The first-order valence-electron chi connectivity index (χ1n) is 6.10. The van der Waals surface area contributed by atoms with Crippen LogP contribution >= 0.6 is 0 Å². The lowest BCUT2D eigenvalue weighted by atomic mass is 9.97. The topological polar surface area (TPSA) is 30.5 Å². The Morgan fingerprint density at radius 3 is 2.88 bits per heavy atom. The van der Waals surface area contributed by atoms with Gasteiger partial charge in [-0.1, -0.05) is 0 Å². The van der Waals surface area contributed by atoms with E-state index in [4.69, 9.17) is 9.47 Å². The van der Waals surface area contributed by atoms with Gasteiger partial charge in [0.05, 0.1) is 6.61 Å². The van der Waals surface area contributed by atoms with Gasteiger partial charge in [-0.3, -0.25) is 0 Å². The summed E-state index contributed by atoms with van der Waals surface area (Å²) in [7, 11) is 0. The molecule has 0 aromatic heterocycles. The number of halogens is 1. The molecule has 1 saturated heterocycles. The van der Waals surface area contributed by atoms with Gasteiger partial charge in [0.25, 0.3) is 0 Å². The number of piperidine rings is 1. The fraction of sp³-hybridized carbons (Fsp3) is 0.538. The summed E-state index contributed by atoms with van der Waals surface area (Å²) in [5.41, 5.74) is 0.801. The van der Waals surface area contributed by atoms with Crippen molar-refractivity contribution in [3.63, 3.8) is 0 Å². The van der Waals surface area contributed by atoms with Crippen LogP contribution in [0.15, 0.2) is 18.2 Å². The van der Waals surface area contributed by atoms with Crippen LogP contribution < -0.4 is 10.1 Å². The SMILES string of the molecule is Fc1ccc2c(c1)COC(C1CCNCC1)O2. The number of rotatable bonds is 1. The van der Waals surface area contributed by atoms with E-state index in [1.165, 1.54) is 12.1 Å². The number of fused-ring (bicyclic) bond motifs is 1. The first kappa shape index (κ1) is 11.0. The highest BCUT2D eigenvalue weighted by Gasteiger charge is 2.29. The third-order valence-corrected chi connectivity index (χ3v) is 3.44. The maximum absolute atomic E-state index is 13.0. The maximum atomic E-state index is 13.0. The molecule has 2 aliphatic heterocycles. The molecule has 2 aliphatic rings. The van der Waals surface area contributed by atoms with E-state index in [0.29, 0.717) is 12.5 Å². The summed E-state index contributed by atoms with van der Waals surface area (Å²) in [6.45, 7) is 2.48. The third kappa shape index (κ3) is 2.28. The average Bonchev–Trinajstić information content (AvgIpc) is 2.39. The van der Waals surface area contributed by atoms with Gasteiger partial charge in [-0.15, -0.1) is 0 Å². The monoisotopic (exact) mass is 237 g/mol. The smallest absolute Gasteiger partial charge is 0.203 e.